The average molecular weight is 465 g/mol. The highest BCUT2D eigenvalue weighted by Crippen LogP contribution is 2.44. The van der Waals surface area contributed by atoms with E-state index in [1.165, 1.54) is 34.4 Å². The largest absolute Gasteiger partial charge is 0.417 e. The van der Waals surface area contributed by atoms with Gasteiger partial charge in [-0.3, -0.25) is 14.3 Å². The molecule has 7 rings (SSSR count). The maximum atomic E-state index is 12.9. The number of aryl methyl sites for hydroxylation is 1. The van der Waals surface area contributed by atoms with Gasteiger partial charge in [-0.2, -0.15) is 13.2 Å². The van der Waals surface area contributed by atoms with Crippen molar-refractivity contribution in [1.82, 2.24) is 24.4 Å². The summed E-state index contributed by atoms with van der Waals surface area (Å²) in [4.78, 5) is 21.6. The molecule has 0 amide bonds. The molecule has 3 aliphatic rings. The van der Waals surface area contributed by atoms with Crippen molar-refractivity contribution < 1.29 is 13.2 Å². The van der Waals surface area contributed by atoms with Crippen molar-refractivity contribution in [3.05, 3.63) is 76.0 Å². The predicted octanol–water partition coefficient (Wildman–Crippen LogP) is 4.72. The minimum absolute atomic E-state index is 0.301. The molecule has 0 spiro atoms. The highest BCUT2D eigenvalue weighted by Gasteiger charge is 2.35. The molecule has 2 aliphatic heterocycles. The lowest BCUT2D eigenvalue weighted by Crippen LogP contribution is -2.30. The molecule has 1 fully saturated rings. The molecule has 2 atom stereocenters. The topological polar surface area (TPSA) is 64.7 Å². The van der Waals surface area contributed by atoms with Crippen LogP contribution in [0.5, 0.6) is 0 Å². The van der Waals surface area contributed by atoms with E-state index in [0.717, 1.165) is 42.7 Å². The van der Waals surface area contributed by atoms with Gasteiger partial charge in [0.2, 0.25) is 0 Å². The van der Waals surface area contributed by atoms with E-state index in [1.807, 2.05) is 19.2 Å². The molecule has 34 heavy (non-hydrogen) atoms. The summed E-state index contributed by atoms with van der Waals surface area (Å²) in [5.74, 6) is 0.968. The molecule has 6 nitrogen and oxygen atoms in total. The van der Waals surface area contributed by atoms with Crippen molar-refractivity contribution in [2.24, 2.45) is 7.05 Å². The third-order valence-electron chi connectivity index (χ3n) is 7.05. The summed E-state index contributed by atoms with van der Waals surface area (Å²) in [7, 11) is 2.04. The molecule has 0 radical (unpaired) electrons. The summed E-state index contributed by atoms with van der Waals surface area (Å²) in [6.07, 6.45) is 1.39. The minimum Gasteiger partial charge on any atom is -0.332 e. The zero-order chi connectivity index (χ0) is 23.6. The predicted molar refractivity (Wildman–Crippen MR) is 122 cm³/mol. The van der Waals surface area contributed by atoms with Gasteiger partial charge >= 0.3 is 6.18 Å². The maximum Gasteiger partial charge on any atom is 0.417 e. The Balaban J connectivity index is 1.39. The summed E-state index contributed by atoms with van der Waals surface area (Å²) in [6.45, 7) is 0.980. The fraction of sp³-hybridized carbons (Fsp3) is 0.320. The number of rotatable bonds is 2. The molecule has 9 heteroatoms. The number of halogens is 3. The quantitative estimate of drug-likeness (QED) is 0.466. The Bertz CT molecular complexity index is 1470. The first kappa shape index (κ1) is 21.1. The van der Waals surface area contributed by atoms with Gasteiger partial charge in [-0.05, 0) is 48.7 Å². The molecule has 1 N–H and O–H groups in total. The summed E-state index contributed by atoms with van der Waals surface area (Å²) < 4.78 is 42.0. The van der Waals surface area contributed by atoms with Crippen LogP contribution < -0.4 is 10.9 Å². The van der Waals surface area contributed by atoms with Crippen LogP contribution in [0.3, 0.4) is 0 Å². The molecule has 4 aromatic rings. The lowest BCUT2D eigenvalue weighted by Gasteiger charge is -2.27. The molecule has 1 aliphatic carbocycles. The van der Waals surface area contributed by atoms with Gasteiger partial charge < -0.3 is 9.88 Å². The summed E-state index contributed by atoms with van der Waals surface area (Å²) in [5, 5.41) is 4.78. The van der Waals surface area contributed by atoms with E-state index >= 15 is 0 Å². The lowest BCUT2D eigenvalue weighted by atomic mass is 9.93. The van der Waals surface area contributed by atoms with E-state index in [4.69, 9.17) is 4.98 Å². The molecule has 2 unspecified atom stereocenters. The first-order chi connectivity index (χ1) is 16.3. The van der Waals surface area contributed by atoms with Crippen LogP contribution in [0.2, 0.25) is 0 Å². The number of nitrogens with zero attached hydrogens (tertiary/aromatic N) is 4. The molecule has 4 aromatic heterocycles. The zero-order valence-corrected chi connectivity index (χ0v) is 18.4. The molecule has 6 heterocycles. The van der Waals surface area contributed by atoms with Gasteiger partial charge in [0.1, 0.15) is 11.5 Å². The van der Waals surface area contributed by atoms with E-state index in [0.29, 0.717) is 29.0 Å². The Labute approximate surface area is 193 Å². The Morgan fingerprint density at radius 2 is 1.97 bits per heavy atom. The van der Waals surface area contributed by atoms with Crippen molar-refractivity contribution in [1.29, 1.82) is 0 Å². The van der Waals surface area contributed by atoms with Crippen LogP contribution in [0.4, 0.5) is 13.2 Å². The highest BCUT2D eigenvalue weighted by molar-refractivity contribution is 5.84. The Morgan fingerprint density at radius 1 is 1.12 bits per heavy atom. The second-order valence-electron chi connectivity index (χ2n) is 9.04. The zero-order valence-electron chi connectivity index (χ0n) is 18.4. The van der Waals surface area contributed by atoms with Gasteiger partial charge in [-0.15, -0.1) is 0 Å². The maximum absolute atomic E-state index is 12.9. The fourth-order valence-electron chi connectivity index (χ4n) is 5.43. The van der Waals surface area contributed by atoms with E-state index in [1.54, 1.807) is 12.3 Å². The van der Waals surface area contributed by atoms with Gasteiger partial charge in [-0.1, -0.05) is 6.42 Å². The van der Waals surface area contributed by atoms with Crippen LogP contribution in [-0.2, 0) is 13.2 Å². The molecular weight excluding hydrogens is 443 g/mol. The number of pyridine rings is 3. The molecule has 0 saturated carbocycles. The van der Waals surface area contributed by atoms with Gasteiger partial charge in [0.15, 0.2) is 0 Å². The summed E-state index contributed by atoms with van der Waals surface area (Å²) in [6, 6.07) is 9.48. The van der Waals surface area contributed by atoms with Crippen LogP contribution in [0.15, 0.2) is 53.6 Å². The highest BCUT2D eigenvalue weighted by atomic mass is 19.4. The number of fused-ring (bicyclic) bond motifs is 4. The van der Waals surface area contributed by atoms with Crippen LogP contribution >= 0.6 is 0 Å². The smallest absolute Gasteiger partial charge is 0.332 e. The summed E-state index contributed by atoms with van der Waals surface area (Å²) >= 11 is 0. The Morgan fingerprint density at radius 3 is 2.71 bits per heavy atom. The fourth-order valence-corrected chi connectivity index (χ4v) is 5.43. The molecular formula is C25H22F3N5O. The van der Waals surface area contributed by atoms with E-state index in [9.17, 15) is 18.0 Å². The SMILES string of the molecule is Cn1c2c(c3ccc(-n4ccc(-c5ccc(C(F)(F)F)cn5)cc4=O)nc31)C1CCCC2CN1. The monoisotopic (exact) mass is 465 g/mol. The number of nitrogens with one attached hydrogen (secondary N) is 1. The van der Waals surface area contributed by atoms with E-state index in [2.05, 4.69) is 14.9 Å². The van der Waals surface area contributed by atoms with Gasteiger partial charge in [-0.25, -0.2) is 4.98 Å². The van der Waals surface area contributed by atoms with Crippen LogP contribution in [-0.4, -0.2) is 25.6 Å². The third-order valence-corrected chi connectivity index (χ3v) is 7.05. The summed E-state index contributed by atoms with van der Waals surface area (Å²) in [5.41, 5.74) is 3.12. The number of hydrogen-bond acceptors (Lipinski definition) is 4. The molecule has 1 saturated heterocycles. The van der Waals surface area contributed by atoms with Crippen molar-refractivity contribution in [3.63, 3.8) is 0 Å². The third kappa shape index (κ3) is 3.26. The van der Waals surface area contributed by atoms with Gasteiger partial charge in [0.25, 0.3) is 5.56 Å². The average Bonchev–Trinajstić information content (AvgIpc) is 2.99. The van der Waals surface area contributed by atoms with E-state index in [-0.39, 0.29) is 5.56 Å². The van der Waals surface area contributed by atoms with Crippen molar-refractivity contribution in [2.45, 2.75) is 37.4 Å². The number of alkyl halides is 3. The molecule has 2 bridgehead atoms. The number of aromatic nitrogens is 4. The Hall–Kier alpha value is -3.46. The standard InChI is InChI=1S/C25H22F3N5O/c1-32-23-15-3-2-4-19(29-12-15)22(23)17-6-8-20(31-24(17)32)33-10-9-14(11-21(33)34)18-7-5-16(13-30-18)25(26,27)28/h5-11,13,15,19,29H,2-4,12H2,1H3. The first-order valence-corrected chi connectivity index (χ1v) is 11.3. The van der Waals surface area contributed by atoms with Gasteiger partial charge in [0.05, 0.1) is 11.3 Å². The van der Waals surface area contributed by atoms with Crippen molar-refractivity contribution in [3.8, 4) is 17.1 Å². The first-order valence-electron chi connectivity index (χ1n) is 11.3. The number of hydrogen-bond donors (Lipinski definition) is 1. The Kier molecular flexibility index (Phi) is 4.67. The molecule has 0 aromatic carbocycles. The second kappa shape index (κ2) is 7.53. The molecule has 174 valence electrons. The van der Waals surface area contributed by atoms with E-state index < -0.39 is 11.7 Å². The normalized spacial score (nSPS) is 19.9. The lowest BCUT2D eigenvalue weighted by molar-refractivity contribution is -0.137. The second-order valence-corrected chi connectivity index (χ2v) is 9.04. The van der Waals surface area contributed by atoms with Gasteiger partial charge in [0, 0.05) is 60.7 Å². The van der Waals surface area contributed by atoms with Crippen LogP contribution in [0.25, 0.3) is 28.1 Å². The van der Waals surface area contributed by atoms with Crippen LogP contribution in [0.1, 0.15) is 48.0 Å². The van der Waals surface area contributed by atoms with Crippen molar-refractivity contribution in [2.75, 3.05) is 6.54 Å². The minimum atomic E-state index is -4.45. The van der Waals surface area contributed by atoms with Crippen molar-refractivity contribution >= 4 is 11.0 Å². The van der Waals surface area contributed by atoms with Crippen LogP contribution in [0, 0.1) is 0 Å².